The Morgan fingerprint density at radius 1 is 1.31 bits per heavy atom. The van der Waals surface area contributed by atoms with E-state index in [4.69, 9.17) is 5.73 Å². The SMILES string of the molecule is N[C@@H](CS)C(=O)N[C@@H](Cc1ccc(O)cc1)C(=O)N1CCC[C@@H]1C(=O)O. The number of phenolic OH excluding ortho intramolecular Hbond substituents is 1. The molecule has 1 aliphatic rings. The van der Waals surface area contributed by atoms with E-state index in [1.165, 1.54) is 17.0 Å². The highest BCUT2D eigenvalue weighted by Crippen LogP contribution is 2.20. The molecule has 0 aliphatic carbocycles. The number of nitrogens with zero attached hydrogens (tertiary/aromatic N) is 1. The summed E-state index contributed by atoms with van der Waals surface area (Å²) >= 11 is 3.98. The van der Waals surface area contributed by atoms with Crippen LogP contribution in [0, 0.1) is 0 Å². The van der Waals surface area contributed by atoms with Crippen molar-refractivity contribution in [3.63, 3.8) is 0 Å². The maximum Gasteiger partial charge on any atom is 0.326 e. The zero-order valence-corrected chi connectivity index (χ0v) is 15.1. The Kier molecular flexibility index (Phi) is 6.87. The van der Waals surface area contributed by atoms with E-state index in [9.17, 15) is 24.6 Å². The minimum absolute atomic E-state index is 0.0863. The number of amides is 2. The third-order valence-electron chi connectivity index (χ3n) is 4.35. The first-order valence-electron chi connectivity index (χ1n) is 8.31. The quantitative estimate of drug-likeness (QED) is 0.414. The molecular formula is C17H23N3O5S. The van der Waals surface area contributed by atoms with Crippen molar-refractivity contribution in [3.8, 4) is 5.75 Å². The van der Waals surface area contributed by atoms with Gasteiger partial charge in [-0.2, -0.15) is 12.6 Å². The lowest BCUT2D eigenvalue weighted by molar-refractivity contribution is -0.149. The first-order chi connectivity index (χ1) is 12.3. The van der Waals surface area contributed by atoms with Crippen molar-refractivity contribution in [2.75, 3.05) is 12.3 Å². The second-order valence-corrected chi connectivity index (χ2v) is 6.61. The van der Waals surface area contributed by atoms with Crippen LogP contribution < -0.4 is 11.1 Å². The summed E-state index contributed by atoms with van der Waals surface area (Å²) in [5, 5.41) is 21.3. The number of likely N-dealkylation sites (tertiary alicyclic amines) is 1. The number of thiol groups is 1. The van der Waals surface area contributed by atoms with E-state index in [1.807, 2.05) is 0 Å². The van der Waals surface area contributed by atoms with Gasteiger partial charge in [0.15, 0.2) is 0 Å². The van der Waals surface area contributed by atoms with Crippen LogP contribution in [0.4, 0.5) is 0 Å². The highest BCUT2D eigenvalue weighted by atomic mass is 32.1. The standard InChI is InChI=1S/C17H23N3O5S/c18-12(9-26)15(22)19-13(8-10-3-5-11(21)6-4-10)16(23)20-7-1-2-14(20)17(24)25/h3-6,12-14,21,26H,1-2,7-9,18H2,(H,19,22)(H,24,25)/t12-,13-,14+/m0/s1. The van der Waals surface area contributed by atoms with Gasteiger partial charge in [-0.25, -0.2) is 4.79 Å². The van der Waals surface area contributed by atoms with E-state index in [0.29, 0.717) is 24.9 Å². The summed E-state index contributed by atoms with van der Waals surface area (Å²) in [6, 6.07) is 3.53. The van der Waals surface area contributed by atoms with Crippen LogP contribution in [-0.2, 0) is 20.8 Å². The minimum Gasteiger partial charge on any atom is -0.508 e. The van der Waals surface area contributed by atoms with Crippen LogP contribution in [0.2, 0.25) is 0 Å². The predicted molar refractivity (Wildman–Crippen MR) is 97.9 cm³/mol. The van der Waals surface area contributed by atoms with Crippen molar-refractivity contribution in [1.29, 1.82) is 0 Å². The largest absolute Gasteiger partial charge is 0.508 e. The van der Waals surface area contributed by atoms with Gasteiger partial charge in [-0.3, -0.25) is 9.59 Å². The molecule has 0 aromatic heterocycles. The second kappa shape index (κ2) is 8.91. The zero-order valence-electron chi connectivity index (χ0n) is 14.2. The Labute approximate surface area is 156 Å². The summed E-state index contributed by atoms with van der Waals surface area (Å²) in [5.74, 6) is -1.83. The highest BCUT2D eigenvalue weighted by Gasteiger charge is 2.37. The molecule has 0 unspecified atom stereocenters. The number of carbonyl (C=O) groups excluding carboxylic acids is 2. The summed E-state index contributed by atoms with van der Waals surface area (Å²) in [4.78, 5) is 37.7. The zero-order chi connectivity index (χ0) is 19.3. The van der Waals surface area contributed by atoms with E-state index in [-0.39, 0.29) is 17.9 Å². The number of carboxylic acids is 1. The number of phenols is 1. The number of benzene rings is 1. The van der Waals surface area contributed by atoms with E-state index >= 15 is 0 Å². The van der Waals surface area contributed by atoms with E-state index in [0.717, 1.165) is 0 Å². The van der Waals surface area contributed by atoms with Crippen LogP contribution >= 0.6 is 12.6 Å². The molecule has 142 valence electrons. The summed E-state index contributed by atoms with van der Waals surface area (Å²) in [7, 11) is 0. The van der Waals surface area contributed by atoms with Gasteiger partial charge in [0, 0.05) is 18.7 Å². The van der Waals surface area contributed by atoms with Gasteiger partial charge in [0.25, 0.3) is 0 Å². The lowest BCUT2D eigenvalue weighted by Crippen LogP contribution is -2.55. The summed E-state index contributed by atoms with van der Waals surface area (Å²) < 4.78 is 0. The first kappa shape index (κ1) is 20.1. The Bertz CT molecular complexity index is 667. The molecule has 0 spiro atoms. The molecule has 1 aromatic carbocycles. The molecule has 2 rings (SSSR count). The van der Waals surface area contributed by atoms with Gasteiger partial charge in [-0.15, -0.1) is 0 Å². The van der Waals surface area contributed by atoms with Crippen LogP contribution in [0.25, 0.3) is 0 Å². The predicted octanol–water partition coefficient (Wildman–Crippen LogP) is -0.248. The molecular weight excluding hydrogens is 358 g/mol. The van der Waals surface area contributed by atoms with Crippen LogP contribution in [0.1, 0.15) is 18.4 Å². The third-order valence-corrected chi connectivity index (χ3v) is 4.74. The number of hydrogen-bond donors (Lipinski definition) is 5. The molecule has 8 nitrogen and oxygen atoms in total. The average molecular weight is 381 g/mol. The van der Waals surface area contributed by atoms with Crippen molar-refractivity contribution in [3.05, 3.63) is 29.8 Å². The van der Waals surface area contributed by atoms with Gasteiger partial charge >= 0.3 is 5.97 Å². The molecule has 0 saturated carbocycles. The van der Waals surface area contributed by atoms with Crippen molar-refractivity contribution >= 4 is 30.4 Å². The number of rotatable bonds is 7. The molecule has 1 saturated heterocycles. The van der Waals surface area contributed by atoms with Gasteiger partial charge in [0.1, 0.15) is 17.8 Å². The van der Waals surface area contributed by atoms with Crippen LogP contribution in [0.15, 0.2) is 24.3 Å². The summed E-state index contributed by atoms with van der Waals surface area (Å²) in [5.41, 5.74) is 6.38. The summed E-state index contributed by atoms with van der Waals surface area (Å²) in [6.45, 7) is 0.330. The fourth-order valence-electron chi connectivity index (χ4n) is 2.92. The highest BCUT2D eigenvalue weighted by molar-refractivity contribution is 7.80. The monoisotopic (exact) mass is 381 g/mol. The Balaban J connectivity index is 2.20. The van der Waals surface area contributed by atoms with Gasteiger partial charge < -0.3 is 26.2 Å². The maximum atomic E-state index is 12.9. The minimum atomic E-state index is -1.06. The van der Waals surface area contributed by atoms with Gasteiger partial charge in [0.2, 0.25) is 11.8 Å². The van der Waals surface area contributed by atoms with Crippen molar-refractivity contribution < 1.29 is 24.6 Å². The van der Waals surface area contributed by atoms with Crippen LogP contribution in [0.5, 0.6) is 5.75 Å². The van der Waals surface area contributed by atoms with Gasteiger partial charge in [0.05, 0.1) is 6.04 Å². The first-order valence-corrected chi connectivity index (χ1v) is 8.94. The maximum absolute atomic E-state index is 12.9. The van der Waals surface area contributed by atoms with E-state index in [1.54, 1.807) is 12.1 Å². The number of carbonyl (C=O) groups is 3. The average Bonchev–Trinajstić information content (AvgIpc) is 3.11. The van der Waals surface area contributed by atoms with E-state index < -0.39 is 35.9 Å². The molecule has 2 amide bonds. The number of nitrogens with one attached hydrogen (secondary N) is 1. The topological polar surface area (TPSA) is 133 Å². The molecule has 3 atom stereocenters. The van der Waals surface area contributed by atoms with Crippen molar-refractivity contribution in [2.24, 2.45) is 5.73 Å². The molecule has 1 aliphatic heterocycles. The fraction of sp³-hybridized carbons (Fsp3) is 0.471. The molecule has 0 bridgehead atoms. The number of carboxylic acid groups (broad SMARTS) is 1. The Morgan fingerprint density at radius 3 is 2.54 bits per heavy atom. The molecule has 0 radical (unpaired) electrons. The van der Waals surface area contributed by atoms with Crippen LogP contribution in [-0.4, -0.2) is 63.3 Å². The van der Waals surface area contributed by atoms with Gasteiger partial charge in [-0.05, 0) is 30.5 Å². The lowest BCUT2D eigenvalue weighted by Gasteiger charge is -2.28. The number of aromatic hydroxyl groups is 1. The van der Waals surface area contributed by atoms with Gasteiger partial charge in [-0.1, -0.05) is 12.1 Å². The Morgan fingerprint density at radius 2 is 1.96 bits per heavy atom. The molecule has 1 heterocycles. The lowest BCUT2D eigenvalue weighted by atomic mass is 10.0. The molecule has 1 fully saturated rings. The van der Waals surface area contributed by atoms with E-state index in [2.05, 4.69) is 17.9 Å². The number of nitrogens with two attached hydrogens (primary N) is 1. The number of aliphatic carboxylic acids is 1. The van der Waals surface area contributed by atoms with Crippen molar-refractivity contribution in [2.45, 2.75) is 37.4 Å². The van der Waals surface area contributed by atoms with Crippen molar-refractivity contribution in [1.82, 2.24) is 10.2 Å². The Hall–Kier alpha value is -2.26. The summed E-state index contributed by atoms with van der Waals surface area (Å²) in [6.07, 6.45) is 1.14. The molecule has 5 N–H and O–H groups in total. The second-order valence-electron chi connectivity index (χ2n) is 6.25. The molecule has 1 aromatic rings. The molecule has 9 heteroatoms. The molecule has 26 heavy (non-hydrogen) atoms. The normalized spacial score (nSPS) is 19.0. The smallest absolute Gasteiger partial charge is 0.326 e. The number of hydrogen-bond acceptors (Lipinski definition) is 6. The fourth-order valence-corrected chi connectivity index (χ4v) is 3.08. The van der Waals surface area contributed by atoms with Crippen LogP contribution in [0.3, 0.4) is 0 Å². The third kappa shape index (κ3) is 4.89.